The summed E-state index contributed by atoms with van der Waals surface area (Å²) in [6.45, 7) is 2.13. The Labute approximate surface area is 96.5 Å². The van der Waals surface area contributed by atoms with Crippen LogP contribution in [-0.2, 0) is 4.79 Å². The highest BCUT2D eigenvalue weighted by Crippen LogP contribution is 2.11. The maximum absolute atomic E-state index is 11.5. The van der Waals surface area contributed by atoms with Crippen molar-refractivity contribution < 1.29 is 9.90 Å². The molecule has 0 aliphatic heterocycles. The number of aliphatic hydroxyl groups excluding tert-OH is 1. The molecule has 1 aromatic carbocycles. The minimum atomic E-state index is 0.0443. The molecule has 16 heavy (non-hydrogen) atoms. The lowest BCUT2D eigenvalue weighted by molar-refractivity contribution is -0.121. The number of unbranched alkanes of at least 4 members (excludes halogenated alkanes) is 1. The van der Waals surface area contributed by atoms with Crippen molar-refractivity contribution in [2.45, 2.75) is 32.2 Å². The minimum Gasteiger partial charge on any atom is -0.396 e. The summed E-state index contributed by atoms with van der Waals surface area (Å²) in [7, 11) is 0. The number of carbonyl (C=O) groups excluding carboxylic acids is 1. The van der Waals surface area contributed by atoms with Gasteiger partial charge in [-0.3, -0.25) is 4.79 Å². The van der Waals surface area contributed by atoms with Crippen LogP contribution in [0, 0.1) is 0 Å². The van der Waals surface area contributed by atoms with Crippen LogP contribution in [-0.4, -0.2) is 17.6 Å². The highest BCUT2D eigenvalue weighted by Gasteiger charge is 2.08. The van der Waals surface area contributed by atoms with E-state index in [-0.39, 0.29) is 18.6 Å². The van der Waals surface area contributed by atoms with Crippen LogP contribution < -0.4 is 5.32 Å². The maximum Gasteiger partial charge on any atom is 0.220 e. The molecule has 0 heterocycles. The third-order valence-electron chi connectivity index (χ3n) is 2.49. The Morgan fingerprint density at radius 3 is 2.62 bits per heavy atom. The van der Waals surface area contributed by atoms with E-state index >= 15 is 0 Å². The number of aliphatic hydroxyl groups is 1. The molecule has 0 aliphatic carbocycles. The Kier molecular flexibility index (Phi) is 5.57. The van der Waals surface area contributed by atoms with E-state index in [0.29, 0.717) is 12.8 Å². The molecule has 0 unspecified atom stereocenters. The summed E-state index contributed by atoms with van der Waals surface area (Å²) in [5, 5.41) is 11.5. The van der Waals surface area contributed by atoms with Crippen molar-refractivity contribution in [3.8, 4) is 0 Å². The Morgan fingerprint density at radius 1 is 1.31 bits per heavy atom. The molecule has 0 spiro atoms. The van der Waals surface area contributed by atoms with Gasteiger partial charge >= 0.3 is 0 Å². The summed E-state index contributed by atoms with van der Waals surface area (Å²) >= 11 is 0. The van der Waals surface area contributed by atoms with E-state index in [4.69, 9.17) is 5.11 Å². The first-order valence-corrected chi connectivity index (χ1v) is 5.69. The molecule has 1 aromatic rings. The fourth-order valence-electron chi connectivity index (χ4n) is 1.54. The van der Waals surface area contributed by atoms with Gasteiger partial charge in [-0.2, -0.15) is 0 Å². The summed E-state index contributed by atoms with van der Waals surface area (Å²) in [5.41, 5.74) is 1.11. The molecule has 0 fully saturated rings. The topological polar surface area (TPSA) is 49.3 Å². The Balaban J connectivity index is 2.34. The number of hydrogen-bond acceptors (Lipinski definition) is 2. The molecule has 0 aliphatic rings. The van der Waals surface area contributed by atoms with E-state index in [0.717, 1.165) is 12.0 Å². The maximum atomic E-state index is 11.5. The van der Waals surface area contributed by atoms with Crippen molar-refractivity contribution >= 4 is 5.91 Å². The predicted octanol–water partition coefficient (Wildman–Crippen LogP) is 2.03. The van der Waals surface area contributed by atoms with Gasteiger partial charge in [0.25, 0.3) is 0 Å². The molecule has 1 atom stereocenters. The monoisotopic (exact) mass is 221 g/mol. The fraction of sp³-hybridized carbons (Fsp3) is 0.462. The molecule has 1 amide bonds. The molecular weight excluding hydrogens is 202 g/mol. The Bertz CT molecular complexity index is 311. The zero-order chi connectivity index (χ0) is 11.8. The van der Waals surface area contributed by atoms with Crippen LogP contribution in [0.15, 0.2) is 30.3 Å². The van der Waals surface area contributed by atoms with Crippen molar-refractivity contribution in [1.82, 2.24) is 5.32 Å². The van der Waals surface area contributed by atoms with Gasteiger partial charge in [-0.05, 0) is 25.3 Å². The SMILES string of the molecule is C[C@H](NC(=O)CCCCO)c1ccccc1. The van der Waals surface area contributed by atoms with Crippen LogP contribution in [0.2, 0.25) is 0 Å². The quantitative estimate of drug-likeness (QED) is 0.722. The molecule has 3 heteroatoms. The first kappa shape index (κ1) is 12.7. The molecule has 3 nitrogen and oxygen atoms in total. The molecule has 1 rings (SSSR count). The molecule has 0 radical (unpaired) electrons. The van der Waals surface area contributed by atoms with Crippen LogP contribution in [0.4, 0.5) is 0 Å². The summed E-state index contributed by atoms with van der Waals surface area (Å²) in [4.78, 5) is 11.5. The van der Waals surface area contributed by atoms with E-state index < -0.39 is 0 Å². The first-order valence-electron chi connectivity index (χ1n) is 5.69. The highest BCUT2D eigenvalue weighted by molar-refractivity contribution is 5.76. The van der Waals surface area contributed by atoms with Crippen molar-refractivity contribution in [1.29, 1.82) is 0 Å². The minimum absolute atomic E-state index is 0.0443. The van der Waals surface area contributed by atoms with Gasteiger partial charge in [0.05, 0.1) is 6.04 Å². The number of nitrogens with one attached hydrogen (secondary N) is 1. The Hall–Kier alpha value is -1.35. The van der Waals surface area contributed by atoms with E-state index in [9.17, 15) is 4.79 Å². The lowest BCUT2D eigenvalue weighted by atomic mass is 10.1. The first-order chi connectivity index (χ1) is 7.74. The van der Waals surface area contributed by atoms with Gasteiger partial charge < -0.3 is 10.4 Å². The lowest BCUT2D eigenvalue weighted by Crippen LogP contribution is -2.26. The van der Waals surface area contributed by atoms with Gasteiger partial charge in [0.2, 0.25) is 5.91 Å². The number of carbonyl (C=O) groups is 1. The van der Waals surface area contributed by atoms with Crippen molar-refractivity contribution in [3.63, 3.8) is 0 Å². The molecule has 0 saturated heterocycles. The van der Waals surface area contributed by atoms with E-state index in [2.05, 4.69) is 5.32 Å². The fourth-order valence-corrected chi connectivity index (χ4v) is 1.54. The molecule has 0 aromatic heterocycles. The Morgan fingerprint density at radius 2 is 2.00 bits per heavy atom. The smallest absolute Gasteiger partial charge is 0.220 e. The predicted molar refractivity (Wildman–Crippen MR) is 63.9 cm³/mol. The van der Waals surface area contributed by atoms with Gasteiger partial charge in [0, 0.05) is 13.0 Å². The average molecular weight is 221 g/mol. The second-order valence-corrected chi connectivity index (χ2v) is 3.88. The molecule has 0 saturated carbocycles. The molecule has 2 N–H and O–H groups in total. The van der Waals surface area contributed by atoms with E-state index in [1.807, 2.05) is 37.3 Å². The summed E-state index contributed by atoms with van der Waals surface area (Å²) in [6.07, 6.45) is 1.91. The number of benzene rings is 1. The zero-order valence-corrected chi connectivity index (χ0v) is 9.65. The highest BCUT2D eigenvalue weighted by atomic mass is 16.2. The zero-order valence-electron chi connectivity index (χ0n) is 9.65. The van der Waals surface area contributed by atoms with Gasteiger partial charge in [-0.25, -0.2) is 0 Å². The molecule has 88 valence electrons. The van der Waals surface area contributed by atoms with Gasteiger partial charge in [0.15, 0.2) is 0 Å². The van der Waals surface area contributed by atoms with Gasteiger partial charge in [-0.15, -0.1) is 0 Å². The lowest BCUT2D eigenvalue weighted by Gasteiger charge is -2.14. The number of amides is 1. The second kappa shape index (κ2) is 7.01. The van der Waals surface area contributed by atoms with E-state index in [1.165, 1.54) is 0 Å². The number of rotatable bonds is 6. The largest absolute Gasteiger partial charge is 0.396 e. The van der Waals surface area contributed by atoms with Gasteiger partial charge in [-0.1, -0.05) is 30.3 Å². The standard InChI is InChI=1S/C13H19NO2/c1-11(12-7-3-2-4-8-12)14-13(16)9-5-6-10-15/h2-4,7-8,11,15H,5-6,9-10H2,1H3,(H,14,16)/t11-/m0/s1. The third-order valence-corrected chi connectivity index (χ3v) is 2.49. The summed E-state index contributed by atoms with van der Waals surface area (Å²) in [5.74, 6) is 0.0461. The second-order valence-electron chi connectivity index (χ2n) is 3.88. The molecular formula is C13H19NO2. The van der Waals surface area contributed by atoms with Gasteiger partial charge in [0.1, 0.15) is 0 Å². The van der Waals surface area contributed by atoms with Crippen LogP contribution in [0.5, 0.6) is 0 Å². The third kappa shape index (κ3) is 4.45. The normalized spacial score (nSPS) is 12.1. The summed E-state index contributed by atoms with van der Waals surface area (Å²) < 4.78 is 0. The van der Waals surface area contributed by atoms with E-state index in [1.54, 1.807) is 0 Å². The van der Waals surface area contributed by atoms with Crippen LogP contribution in [0.1, 0.15) is 37.8 Å². The van der Waals surface area contributed by atoms with Crippen molar-refractivity contribution in [2.24, 2.45) is 0 Å². The average Bonchev–Trinajstić information content (AvgIpc) is 2.30. The van der Waals surface area contributed by atoms with Crippen LogP contribution in [0.25, 0.3) is 0 Å². The number of hydrogen-bond donors (Lipinski definition) is 2. The van der Waals surface area contributed by atoms with Crippen LogP contribution in [0.3, 0.4) is 0 Å². The summed E-state index contributed by atoms with van der Waals surface area (Å²) in [6, 6.07) is 9.92. The molecule has 0 bridgehead atoms. The van der Waals surface area contributed by atoms with Crippen molar-refractivity contribution in [2.75, 3.05) is 6.61 Å². The van der Waals surface area contributed by atoms with Crippen molar-refractivity contribution in [3.05, 3.63) is 35.9 Å². The van der Waals surface area contributed by atoms with Crippen LogP contribution >= 0.6 is 0 Å².